The number of nitrogens with zero attached hydrogens (tertiary/aromatic N) is 4. The zero-order valence-electron chi connectivity index (χ0n) is 15.2. The van der Waals surface area contributed by atoms with Gasteiger partial charge in [-0.3, -0.25) is 14.2 Å². The van der Waals surface area contributed by atoms with Crippen LogP contribution in [0.1, 0.15) is 10.6 Å². The van der Waals surface area contributed by atoms with Gasteiger partial charge in [-0.25, -0.2) is 23.7 Å². The second-order valence-corrected chi connectivity index (χ2v) is 7.58. The Labute approximate surface area is 172 Å². The Kier molecular flexibility index (Phi) is 4.84. The fourth-order valence-electron chi connectivity index (χ4n) is 3.04. The third-order valence-electron chi connectivity index (χ3n) is 4.37. The van der Waals surface area contributed by atoms with Crippen molar-refractivity contribution in [3.63, 3.8) is 0 Å². The molecule has 160 valence electrons. The van der Waals surface area contributed by atoms with E-state index in [1.165, 1.54) is 6.07 Å². The molecule has 0 aliphatic rings. The van der Waals surface area contributed by atoms with E-state index in [0.717, 1.165) is 40.3 Å². The van der Waals surface area contributed by atoms with E-state index in [1.807, 2.05) is 0 Å². The van der Waals surface area contributed by atoms with Gasteiger partial charge in [0.05, 0.1) is 33.9 Å². The lowest BCUT2D eigenvalue weighted by atomic mass is 10.2. The molecule has 0 saturated heterocycles. The first kappa shape index (κ1) is 20.7. The quantitative estimate of drug-likeness (QED) is 0.475. The Morgan fingerprint density at radius 3 is 2.58 bits per heavy atom. The number of hydrogen-bond acceptors (Lipinski definition) is 6. The molecule has 0 aliphatic carbocycles. The number of aliphatic carboxylic acids is 1. The predicted molar refractivity (Wildman–Crippen MR) is 102 cm³/mol. The largest absolute Gasteiger partial charge is 0.480 e. The fraction of sp³-hybridized carbons (Fsp3) is 0.167. The first-order valence-corrected chi connectivity index (χ1v) is 9.33. The second kappa shape index (κ2) is 7.27. The number of pyridine rings is 1. The maximum atomic E-state index is 13.6. The van der Waals surface area contributed by atoms with Gasteiger partial charge in [-0.15, -0.1) is 11.3 Å². The van der Waals surface area contributed by atoms with Crippen LogP contribution in [-0.2, 0) is 24.1 Å². The van der Waals surface area contributed by atoms with Crippen LogP contribution in [0.4, 0.5) is 17.6 Å². The summed E-state index contributed by atoms with van der Waals surface area (Å²) in [6.45, 7) is -1.27. The summed E-state index contributed by atoms with van der Waals surface area (Å²) in [7, 11) is 0. The summed E-state index contributed by atoms with van der Waals surface area (Å²) in [6, 6.07) is 3.83. The zero-order valence-corrected chi connectivity index (χ0v) is 16.0. The molecule has 0 saturated carbocycles. The normalized spacial score (nSPS) is 12.0. The van der Waals surface area contributed by atoms with Crippen LogP contribution in [0.5, 0.6) is 0 Å². The van der Waals surface area contributed by atoms with Crippen LogP contribution >= 0.6 is 11.3 Å². The molecule has 3 heterocycles. The number of carboxylic acid groups (broad SMARTS) is 1. The van der Waals surface area contributed by atoms with Crippen molar-refractivity contribution in [2.45, 2.75) is 19.3 Å². The molecule has 13 heteroatoms. The molecule has 0 bridgehead atoms. The number of rotatable bonds is 4. The highest BCUT2D eigenvalue weighted by Gasteiger charge is 2.30. The first-order valence-electron chi connectivity index (χ1n) is 8.52. The summed E-state index contributed by atoms with van der Waals surface area (Å²) in [4.78, 5) is 44.3. The number of halogens is 4. The molecule has 31 heavy (non-hydrogen) atoms. The number of fused-ring (bicyclic) bond motifs is 2. The molecule has 3 aromatic heterocycles. The van der Waals surface area contributed by atoms with Crippen molar-refractivity contribution in [2.75, 3.05) is 0 Å². The van der Waals surface area contributed by atoms with E-state index in [0.29, 0.717) is 4.57 Å². The maximum absolute atomic E-state index is 13.6. The average molecular weight is 454 g/mol. The lowest BCUT2D eigenvalue weighted by molar-refractivity contribution is -0.138. The first-order chi connectivity index (χ1) is 14.5. The summed E-state index contributed by atoms with van der Waals surface area (Å²) in [5.41, 5.74) is -2.83. The highest BCUT2D eigenvalue weighted by Crippen LogP contribution is 2.33. The van der Waals surface area contributed by atoms with E-state index < -0.39 is 41.3 Å². The van der Waals surface area contributed by atoms with Crippen molar-refractivity contribution in [2.24, 2.45) is 0 Å². The van der Waals surface area contributed by atoms with Gasteiger partial charge in [0.1, 0.15) is 23.0 Å². The second-order valence-electron chi connectivity index (χ2n) is 6.47. The van der Waals surface area contributed by atoms with Gasteiger partial charge in [-0.1, -0.05) is 0 Å². The third kappa shape index (κ3) is 3.79. The maximum Gasteiger partial charge on any atom is 0.416 e. The van der Waals surface area contributed by atoms with Crippen molar-refractivity contribution in [3.05, 3.63) is 67.7 Å². The topological polar surface area (TPSA) is 107 Å². The Morgan fingerprint density at radius 2 is 1.90 bits per heavy atom. The highest BCUT2D eigenvalue weighted by molar-refractivity contribution is 7.18. The molecule has 0 amide bonds. The number of alkyl halides is 3. The summed E-state index contributed by atoms with van der Waals surface area (Å²) < 4.78 is 54.0. The molecule has 1 N–H and O–H groups in total. The summed E-state index contributed by atoms with van der Waals surface area (Å²) in [5, 5.41) is 8.90. The third-order valence-corrected chi connectivity index (χ3v) is 5.38. The van der Waals surface area contributed by atoms with Crippen molar-refractivity contribution >= 4 is 38.6 Å². The predicted octanol–water partition coefficient (Wildman–Crippen LogP) is 2.46. The Hall–Kier alpha value is -3.61. The fourth-order valence-corrected chi connectivity index (χ4v) is 4.04. The molecule has 1 aromatic carbocycles. The van der Waals surface area contributed by atoms with E-state index in [9.17, 15) is 31.9 Å². The van der Waals surface area contributed by atoms with Crippen molar-refractivity contribution in [1.29, 1.82) is 0 Å². The van der Waals surface area contributed by atoms with Gasteiger partial charge in [0.25, 0.3) is 5.56 Å². The van der Waals surface area contributed by atoms with Gasteiger partial charge in [0, 0.05) is 0 Å². The lowest BCUT2D eigenvalue weighted by Gasteiger charge is -2.11. The molecule has 0 unspecified atom stereocenters. The molecular weight excluding hydrogens is 444 g/mol. The zero-order chi connectivity index (χ0) is 22.5. The SMILES string of the molecule is O=C(O)Cn1c(=O)c2cc(F)cnc2n(Cc2nc3ccc(C(F)(F)F)cc3s2)c1=O. The molecule has 4 aromatic rings. The monoisotopic (exact) mass is 454 g/mol. The van der Waals surface area contributed by atoms with Crippen LogP contribution in [0.25, 0.3) is 21.3 Å². The number of carboxylic acids is 1. The molecule has 0 fully saturated rings. The van der Waals surface area contributed by atoms with Gasteiger partial charge in [0.2, 0.25) is 0 Å². The minimum atomic E-state index is -4.54. The van der Waals surface area contributed by atoms with Crippen molar-refractivity contribution < 1.29 is 27.5 Å². The van der Waals surface area contributed by atoms with Gasteiger partial charge < -0.3 is 5.11 Å². The van der Waals surface area contributed by atoms with Crippen LogP contribution in [0, 0.1) is 5.82 Å². The molecular formula is C18H10F4N4O4S. The minimum Gasteiger partial charge on any atom is -0.480 e. The lowest BCUT2D eigenvalue weighted by Crippen LogP contribution is -2.42. The molecule has 4 rings (SSSR count). The smallest absolute Gasteiger partial charge is 0.416 e. The molecule has 0 spiro atoms. The van der Waals surface area contributed by atoms with E-state index in [4.69, 9.17) is 5.11 Å². The average Bonchev–Trinajstić information content (AvgIpc) is 3.09. The van der Waals surface area contributed by atoms with Crippen molar-refractivity contribution in [3.8, 4) is 0 Å². The number of aromatic nitrogens is 4. The highest BCUT2D eigenvalue weighted by atomic mass is 32.1. The number of benzene rings is 1. The van der Waals surface area contributed by atoms with Gasteiger partial charge >= 0.3 is 17.8 Å². The summed E-state index contributed by atoms with van der Waals surface area (Å²) in [6.07, 6.45) is -3.75. The Morgan fingerprint density at radius 1 is 1.16 bits per heavy atom. The number of hydrogen-bond donors (Lipinski definition) is 1. The van der Waals surface area contributed by atoms with E-state index >= 15 is 0 Å². The van der Waals surface area contributed by atoms with Crippen molar-refractivity contribution in [1.82, 2.24) is 19.1 Å². The van der Waals surface area contributed by atoms with Crippen LogP contribution < -0.4 is 11.2 Å². The molecule has 8 nitrogen and oxygen atoms in total. The Bertz CT molecular complexity index is 1470. The van der Waals surface area contributed by atoms with Crippen LogP contribution in [0.2, 0.25) is 0 Å². The number of carbonyl (C=O) groups is 1. The van der Waals surface area contributed by atoms with Gasteiger partial charge in [-0.2, -0.15) is 13.2 Å². The molecule has 0 radical (unpaired) electrons. The Balaban J connectivity index is 1.89. The van der Waals surface area contributed by atoms with Gasteiger partial charge in [-0.05, 0) is 24.3 Å². The standard InChI is InChI=1S/C18H10F4N4O4S/c19-9-4-10-15(23-5-9)25(17(30)26(16(10)29)7-14(27)28)6-13-24-11-2-1-8(18(20,21)22)3-12(11)31-13/h1-5H,6-7H2,(H,27,28). The summed E-state index contributed by atoms with van der Waals surface area (Å²) in [5.74, 6) is -2.33. The van der Waals surface area contributed by atoms with E-state index in [2.05, 4.69) is 9.97 Å². The molecule has 0 aliphatic heterocycles. The minimum absolute atomic E-state index is 0.201. The van der Waals surface area contributed by atoms with Crippen LogP contribution in [0.3, 0.4) is 0 Å². The van der Waals surface area contributed by atoms with E-state index in [1.54, 1.807) is 0 Å². The van der Waals surface area contributed by atoms with E-state index in [-0.39, 0.29) is 32.8 Å². The van der Waals surface area contributed by atoms with Crippen LogP contribution in [0.15, 0.2) is 40.1 Å². The van der Waals surface area contributed by atoms with Crippen LogP contribution in [-0.4, -0.2) is 30.2 Å². The summed E-state index contributed by atoms with van der Waals surface area (Å²) >= 11 is 0.890. The number of thiazole rings is 1. The van der Waals surface area contributed by atoms with Gasteiger partial charge in [0.15, 0.2) is 0 Å². The molecule has 0 atom stereocenters.